The van der Waals surface area contributed by atoms with Gasteiger partial charge in [-0.1, -0.05) is 36.4 Å². The number of aromatic amines is 1. The number of H-pyrrole nitrogens is 1. The monoisotopic (exact) mass is 434 g/mol. The second-order valence-corrected chi connectivity index (χ2v) is 8.22. The van der Waals surface area contributed by atoms with Crippen molar-refractivity contribution in [3.8, 4) is 5.75 Å². The summed E-state index contributed by atoms with van der Waals surface area (Å²) in [6.07, 6.45) is 0.487. The van der Waals surface area contributed by atoms with E-state index in [1.165, 1.54) is 11.3 Å². The molecule has 7 nitrogen and oxygen atoms in total. The molecule has 3 N–H and O–H groups in total. The van der Waals surface area contributed by atoms with Crippen molar-refractivity contribution in [1.82, 2.24) is 10.2 Å². The van der Waals surface area contributed by atoms with E-state index in [0.29, 0.717) is 17.3 Å². The molecule has 0 aliphatic rings. The standard InChI is InChI=1S/C23H22N4O3S/c1-14-7-3-4-8-15(14)11-20(28)25-22-17-12-16(31-23(17)27-26-22)13-21(29)24-18-9-5-6-10-19(18)30-2/h3-10,12H,11,13H2,1-2H3,(H,24,29)(H2,25,26,27,28). The van der Waals surface area contributed by atoms with Gasteiger partial charge >= 0.3 is 0 Å². The number of thiophene rings is 1. The smallest absolute Gasteiger partial charge is 0.229 e. The zero-order chi connectivity index (χ0) is 21.8. The van der Waals surface area contributed by atoms with E-state index in [2.05, 4.69) is 20.8 Å². The number of fused-ring (bicyclic) bond motifs is 1. The molecule has 2 heterocycles. The number of aryl methyl sites for hydroxylation is 1. The fraction of sp³-hybridized carbons (Fsp3) is 0.174. The third-order valence-corrected chi connectivity index (χ3v) is 5.92. The van der Waals surface area contributed by atoms with Gasteiger partial charge in [0.2, 0.25) is 11.8 Å². The largest absolute Gasteiger partial charge is 0.495 e. The predicted molar refractivity (Wildman–Crippen MR) is 123 cm³/mol. The van der Waals surface area contributed by atoms with Gasteiger partial charge in [-0.3, -0.25) is 14.7 Å². The number of carbonyl (C=O) groups is 2. The molecule has 0 aliphatic heterocycles. The summed E-state index contributed by atoms with van der Waals surface area (Å²) < 4.78 is 5.27. The van der Waals surface area contributed by atoms with Crippen molar-refractivity contribution in [3.05, 3.63) is 70.6 Å². The van der Waals surface area contributed by atoms with Crippen LogP contribution in [-0.2, 0) is 22.4 Å². The third kappa shape index (κ3) is 4.75. The Morgan fingerprint density at radius 1 is 1.03 bits per heavy atom. The second-order valence-electron chi connectivity index (χ2n) is 7.11. The van der Waals surface area contributed by atoms with E-state index in [9.17, 15) is 9.59 Å². The maximum atomic E-state index is 12.5. The Balaban J connectivity index is 1.43. The van der Waals surface area contributed by atoms with E-state index in [4.69, 9.17) is 4.74 Å². The summed E-state index contributed by atoms with van der Waals surface area (Å²) in [5, 5.41) is 13.7. The van der Waals surface area contributed by atoms with Gasteiger partial charge in [0, 0.05) is 4.88 Å². The number of methoxy groups -OCH3 is 1. The van der Waals surface area contributed by atoms with Crippen LogP contribution >= 0.6 is 11.3 Å². The van der Waals surface area contributed by atoms with Gasteiger partial charge in [-0.05, 0) is 36.2 Å². The van der Waals surface area contributed by atoms with E-state index in [1.54, 1.807) is 19.2 Å². The van der Waals surface area contributed by atoms with Crippen molar-refractivity contribution in [3.63, 3.8) is 0 Å². The average Bonchev–Trinajstić information content (AvgIpc) is 3.31. The Bertz CT molecular complexity index is 1240. The predicted octanol–water partition coefficient (Wildman–Crippen LogP) is 4.30. The van der Waals surface area contributed by atoms with Gasteiger partial charge in [0.25, 0.3) is 0 Å². The minimum Gasteiger partial charge on any atom is -0.495 e. The molecule has 31 heavy (non-hydrogen) atoms. The van der Waals surface area contributed by atoms with Crippen LogP contribution in [0.15, 0.2) is 54.6 Å². The topological polar surface area (TPSA) is 96.1 Å². The van der Waals surface area contributed by atoms with Gasteiger partial charge in [-0.15, -0.1) is 11.3 Å². The SMILES string of the molecule is COc1ccccc1NC(=O)Cc1cc2c(NC(=O)Cc3ccccc3C)[nH]nc2s1. The van der Waals surface area contributed by atoms with Crippen LogP contribution in [0.25, 0.3) is 10.2 Å². The van der Waals surface area contributed by atoms with E-state index >= 15 is 0 Å². The first-order valence-corrected chi connectivity index (χ1v) is 10.6. The molecule has 0 bridgehead atoms. The highest BCUT2D eigenvalue weighted by atomic mass is 32.1. The van der Waals surface area contributed by atoms with Crippen molar-refractivity contribution in [2.45, 2.75) is 19.8 Å². The van der Waals surface area contributed by atoms with Crippen molar-refractivity contribution < 1.29 is 14.3 Å². The van der Waals surface area contributed by atoms with Crippen LogP contribution in [-0.4, -0.2) is 29.1 Å². The molecule has 2 amide bonds. The van der Waals surface area contributed by atoms with Crippen LogP contribution in [0.5, 0.6) is 5.75 Å². The number of para-hydroxylation sites is 2. The maximum Gasteiger partial charge on any atom is 0.229 e. The minimum atomic E-state index is -0.150. The van der Waals surface area contributed by atoms with Gasteiger partial charge in [0.15, 0.2) is 0 Å². The highest BCUT2D eigenvalue weighted by Gasteiger charge is 2.16. The minimum absolute atomic E-state index is 0.124. The fourth-order valence-corrected chi connectivity index (χ4v) is 4.30. The Labute approximate surface area is 183 Å². The molecule has 0 saturated heterocycles. The molecular weight excluding hydrogens is 412 g/mol. The second kappa shape index (κ2) is 9.01. The van der Waals surface area contributed by atoms with Crippen LogP contribution in [0.1, 0.15) is 16.0 Å². The van der Waals surface area contributed by atoms with Crippen molar-refractivity contribution in [2.24, 2.45) is 0 Å². The molecule has 4 rings (SSSR count). The summed E-state index contributed by atoms with van der Waals surface area (Å²) in [5.41, 5.74) is 2.68. The van der Waals surface area contributed by atoms with E-state index in [-0.39, 0.29) is 24.7 Å². The Kier molecular flexibility index (Phi) is 5.99. The summed E-state index contributed by atoms with van der Waals surface area (Å²) >= 11 is 1.41. The first-order chi connectivity index (χ1) is 15.0. The summed E-state index contributed by atoms with van der Waals surface area (Å²) in [7, 11) is 1.56. The molecule has 2 aromatic carbocycles. The number of ether oxygens (including phenoxy) is 1. The lowest BCUT2D eigenvalue weighted by Crippen LogP contribution is -2.15. The number of rotatable bonds is 7. The van der Waals surface area contributed by atoms with E-state index in [1.807, 2.05) is 49.4 Å². The van der Waals surface area contributed by atoms with Gasteiger partial charge in [-0.25, -0.2) is 0 Å². The normalized spacial score (nSPS) is 10.8. The van der Waals surface area contributed by atoms with Crippen molar-refractivity contribution >= 4 is 44.9 Å². The van der Waals surface area contributed by atoms with Crippen LogP contribution in [0.3, 0.4) is 0 Å². The lowest BCUT2D eigenvalue weighted by molar-refractivity contribution is -0.116. The molecule has 2 aromatic heterocycles. The Morgan fingerprint density at radius 2 is 1.77 bits per heavy atom. The number of amides is 2. The summed E-state index contributed by atoms with van der Waals surface area (Å²) in [6.45, 7) is 1.98. The van der Waals surface area contributed by atoms with Gasteiger partial charge < -0.3 is 15.4 Å². The zero-order valence-corrected chi connectivity index (χ0v) is 18.0. The highest BCUT2D eigenvalue weighted by Crippen LogP contribution is 2.30. The van der Waals surface area contributed by atoms with E-state index in [0.717, 1.165) is 26.2 Å². The van der Waals surface area contributed by atoms with Crippen molar-refractivity contribution in [1.29, 1.82) is 0 Å². The molecule has 0 atom stereocenters. The quantitative estimate of drug-likeness (QED) is 0.404. The van der Waals surface area contributed by atoms with Crippen LogP contribution in [0.2, 0.25) is 0 Å². The molecule has 4 aromatic rings. The van der Waals surface area contributed by atoms with Gasteiger partial charge in [0.05, 0.1) is 31.0 Å². The molecule has 158 valence electrons. The number of benzene rings is 2. The molecule has 8 heteroatoms. The summed E-state index contributed by atoms with van der Waals surface area (Å²) in [5.74, 6) is 0.876. The molecule has 0 saturated carbocycles. The fourth-order valence-electron chi connectivity index (χ4n) is 3.31. The van der Waals surface area contributed by atoms with Crippen LogP contribution in [0, 0.1) is 6.92 Å². The number of hydrogen-bond donors (Lipinski definition) is 3. The number of hydrogen-bond acceptors (Lipinski definition) is 5. The van der Waals surface area contributed by atoms with Crippen LogP contribution < -0.4 is 15.4 Å². The number of nitrogens with one attached hydrogen (secondary N) is 3. The van der Waals surface area contributed by atoms with E-state index < -0.39 is 0 Å². The molecule has 0 unspecified atom stereocenters. The van der Waals surface area contributed by atoms with Gasteiger partial charge in [-0.2, -0.15) is 5.10 Å². The third-order valence-electron chi connectivity index (χ3n) is 4.89. The first-order valence-electron chi connectivity index (χ1n) is 9.77. The zero-order valence-electron chi connectivity index (χ0n) is 17.2. The first kappa shape index (κ1) is 20.6. The maximum absolute atomic E-state index is 12.5. The van der Waals surface area contributed by atoms with Crippen LogP contribution in [0.4, 0.5) is 11.5 Å². The lowest BCUT2D eigenvalue weighted by Gasteiger charge is -2.09. The summed E-state index contributed by atoms with van der Waals surface area (Å²) in [6, 6.07) is 17.0. The highest BCUT2D eigenvalue weighted by molar-refractivity contribution is 7.18. The Hall–Kier alpha value is -3.65. The Morgan fingerprint density at radius 3 is 2.58 bits per heavy atom. The summed E-state index contributed by atoms with van der Waals surface area (Å²) in [4.78, 5) is 26.6. The van der Waals surface area contributed by atoms with Crippen molar-refractivity contribution in [2.75, 3.05) is 17.7 Å². The molecule has 0 radical (unpaired) electrons. The molecule has 0 fully saturated rings. The number of anilines is 2. The lowest BCUT2D eigenvalue weighted by atomic mass is 10.1. The van der Waals surface area contributed by atoms with Gasteiger partial charge in [0.1, 0.15) is 16.4 Å². The number of aromatic nitrogens is 2. The molecular formula is C23H22N4O3S. The average molecular weight is 435 g/mol. The number of nitrogens with zero attached hydrogens (tertiary/aromatic N) is 1. The molecule has 0 spiro atoms. The molecule has 0 aliphatic carbocycles. The number of carbonyl (C=O) groups excluding carboxylic acids is 2.